The topological polar surface area (TPSA) is 426 Å². The number of rotatable bonds is 18. The summed E-state index contributed by atoms with van der Waals surface area (Å²) >= 11 is 28.5. The summed E-state index contributed by atoms with van der Waals surface area (Å²) in [6, 6.07) is 41.0. The van der Waals surface area contributed by atoms with Crippen LogP contribution in [0.1, 0.15) is 188 Å². The lowest BCUT2D eigenvalue weighted by Crippen LogP contribution is -2.36. The minimum Gasteiger partial charge on any atom is -0.390 e. The summed E-state index contributed by atoms with van der Waals surface area (Å²) in [5, 5.41) is 30.8. The number of aromatic nitrogens is 16. The fourth-order valence-corrected chi connectivity index (χ4v) is 25.3. The number of ether oxygens (including phenoxy) is 6. The number of pyridine rings is 4. The SMILES string of the molecule is C.C=C[C@@]1(CC)C[C@@H](n2ccc3c(Cl)ncnc32)[C@@H]2OC(C)(C)O[C@@H]21.CC[C@]1(CCc2ccc3cc(Br)c(N)nc3c2)C[C@@H](n2ccc3c(Cl)ncnc32)[C@@H]2OC(C)(C)O[C@@H]21.CC[C@]1(CCc2ccc3cc(Br)c(N)nc3c2)C[C@@H](n2ccc3c(N)ncnc32)[C@@H]2OC(C)(C)O[C@@H]21.CC[C@]1(CCc2ccc3cc(Br)c(N)nc3c2)C[C@@H](n2ccc3c(N)ncnc32)[C@H](O)[C@@H]1O.Nc1nc2cc(I)ccc2cc1Br. The molecule has 30 nitrogen and oxygen atoms in total. The molecule has 23 rings (SSSR count). The number of hydrogen-bond acceptors (Lipinski definition) is 26. The molecule has 16 aromatic rings. The van der Waals surface area contributed by atoms with Crippen LogP contribution in [-0.4, -0.2) is 154 Å². The molecule has 37 heteroatoms. The highest BCUT2D eigenvalue weighted by Gasteiger charge is 2.64. The molecule has 16 atom stereocenters. The zero-order chi connectivity index (χ0) is 100. The standard InChI is InChI=1S/C27H29BrClN5O2.C27H31BrN6O2.C24H27BrN6O2.C18H22ClN3O2.C9H6BrIN2.CH4/c2*1-4-27(9-7-15-5-6-16-12-18(28)24(30)33-19(16)11-15)13-20(21-22(27)36-26(2,3)35-21)34-10-8-17-23(29)31-14-32-25(17)34;1-2-24(7-5-13-3-4-14-10-16(25)22(27)30-17(14)9-13)11-18(19(32)20(24)33)31-8-6-15-21(26)28-12-29-23(15)31;1-5-18(6-2)9-12(13-14(18)24-17(3,4)23-13)22-8-7-11-15(19)20-10-21-16(11)22;10-7-3-5-1-2-6(11)4-8(5)13-9(7)12;/h5-6,8,10-12,14,20-22H,4,7,9,13H2,1-3H3,(H2,30,33);5-6,8,10-12,14,20-22H,4,7,9,13H2,1-3H3,(H2,30,33)(H2,29,31,32);3-4,6,8-10,12,18-20,32-33H,2,5,7,11H2,1H3,(H2,27,30)(H2,26,28,29);5,7-8,10,12-14H,1,6,9H2,2-4H3;1-4H,(H2,12,13);1H4/t2*20-,21+,22+,27+;18-,19+,20+,24+;12-,13+,14+,18-;;/m1111../s1. The van der Waals surface area contributed by atoms with Crippen molar-refractivity contribution in [2.24, 2.45) is 21.7 Å². The third-order valence-corrected chi connectivity index (χ3v) is 34.6. The lowest BCUT2D eigenvalue weighted by molar-refractivity contribution is -0.170. The van der Waals surface area contributed by atoms with Crippen LogP contribution in [0.5, 0.6) is 0 Å². The van der Waals surface area contributed by atoms with Crippen molar-refractivity contribution in [3.63, 3.8) is 0 Å². The molecule has 0 unspecified atom stereocenters. The number of hydrogen-bond donors (Lipinski definition) is 8. The van der Waals surface area contributed by atoms with Crippen LogP contribution < -0.4 is 34.4 Å². The molecule has 14 N–H and O–H groups in total. The van der Waals surface area contributed by atoms with Crippen molar-refractivity contribution >= 4 is 232 Å². The Morgan fingerprint density at radius 2 is 0.706 bits per heavy atom. The summed E-state index contributed by atoms with van der Waals surface area (Å²) in [6.07, 6.45) is 26.5. The first-order chi connectivity index (χ1) is 67.8. The van der Waals surface area contributed by atoms with E-state index < -0.39 is 35.0 Å². The van der Waals surface area contributed by atoms with Crippen LogP contribution in [0, 0.1) is 25.2 Å². The number of nitrogens with two attached hydrogens (primary N) is 6. The predicted molar refractivity (Wildman–Crippen MR) is 588 cm³/mol. The maximum atomic E-state index is 11.2. The van der Waals surface area contributed by atoms with Crippen molar-refractivity contribution in [1.82, 2.24) is 78.1 Å². The van der Waals surface area contributed by atoms with Crippen LogP contribution in [0.25, 0.3) is 87.7 Å². The second kappa shape index (κ2) is 40.6. The molecule has 4 aromatic carbocycles. The highest BCUT2D eigenvalue weighted by Crippen LogP contribution is 2.61. The minimum atomic E-state index is -0.896. The Hall–Kier alpha value is -9.55. The van der Waals surface area contributed by atoms with Crippen molar-refractivity contribution < 1.29 is 38.6 Å². The number of benzene rings is 4. The Kier molecular flexibility index (Phi) is 29.4. The third-order valence-electron chi connectivity index (χ3n) is 30.8. The Balaban J connectivity index is 0.000000121. The number of aliphatic hydroxyl groups excluding tert-OH is 2. The molecule has 4 saturated carbocycles. The Bertz CT molecular complexity index is 7300. The maximum absolute atomic E-state index is 11.2. The van der Waals surface area contributed by atoms with Gasteiger partial charge in [0.15, 0.2) is 17.4 Å². The number of aliphatic hydroxyl groups is 2. The van der Waals surface area contributed by atoms with Gasteiger partial charge in [0.1, 0.15) is 118 Å². The summed E-state index contributed by atoms with van der Waals surface area (Å²) in [5.41, 5.74) is 45.6. The number of nitrogen functional groups attached to an aromatic ring is 6. The van der Waals surface area contributed by atoms with E-state index in [2.05, 4.69) is 255 Å². The van der Waals surface area contributed by atoms with Gasteiger partial charge < -0.3 is 91.3 Å². The molecule has 0 radical (unpaired) electrons. The molecule has 3 saturated heterocycles. The van der Waals surface area contributed by atoms with E-state index >= 15 is 0 Å². The largest absolute Gasteiger partial charge is 0.390 e. The molecule has 15 heterocycles. The fourth-order valence-electron chi connectivity index (χ4n) is 23.1. The quantitative estimate of drug-likeness (QED) is 0.0225. The molecule has 750 valence electrons. The molecule has 12 aromatic heterocycles. The minimum absolute atomic E-state index is 0. The Morgan fingerprint density at radius 3 is 1.08 bits per heavy atom. The third kappa shape index (κ3) is 19.8. The van der Waals surface area contributed by atoms with E-state index in [1.54, 1.807) is 0 Å². The smallest absolute Gasteiger partial charge is 0.163 e. The van der Waals surface area contributed by atoms with Gasteiger partial charge in [-0.05, 0) is 313 Å². The number of aryl methyl sites for hydroxylation is 3. The van der Waals surface area contributed by atoms with Crippen molar-refractivity contribution in [3.05, 3.63) is 233 Å². The Morgan fingerprint density at radius 1 is 0.392 bits per heavy atom. The van der Waals surface area contributed by atoms with Crippen molar-refractivity contribution in [2.45, 2.75) is 257 Å². The predicted octanol–water partition coefficient (Wildman–Crippen LogP) is 23.4. The lowest BCUT2D eigenvalue weighted by Gasteiger charge is -2.34. The van der Waals surface area contributed by atoms with Gasteiger partial charge in [0.25, 0.3) is 0 Å². The second-order valence-electron chi connectivity index (χ2n) is 40.1. The highest BCUT2D eigenvalue weighted by molar-refractivity contribution is 14.1. The molecule has 0 bridgehead atoms. The zero-order valence-electron chi connectivity index (χ0n) is 80.4. The summed E-state index contributed by atoms with van der Waals surface area (Å²) in [5.74, 6) is 1.06. The van der Waals surface area contributed by atoms with E-state index in [1.165, 1.54) is 40.0 Å². The van der Waals surface area contributed by atoms with Gasteiger partial charge >= 0.3 is 0 Å². The van der Waals surface area contributed by atoms with E-state index in [9.17, 15) is 10.2 Å². The summed E-state index contributed by atoms with van der Waals surface area (Å²) in [7, 11) is 0. The molecular formula is C106H119Br4Cl2IN22O8. The first-order valence-corrected chi connectivity index (χ1v) is 53.0. The van der Waals surface area contributed by atoms with E-state index in [1.807, 2.05) is 137 Å². The van der Waals surface area contributed by atoms with E-state index in [0.29, 0.717) is 57.3 Å². The van der Waals surface area contributed by atoms with Gasteiger partial charge in [-0.25, -0.2) is 59.8 Å². The van der Waals surface area contributed by atoms with Crippen LogP contribution in [0.2, 0.25) is 10.3 Å². The molecule has 143 heavy (non-hydrogen) atoms. The van der Waals surface area contributed by atoms with Gasteiger partial charge in [-0.1, -0.05) is 107 Å². The molecule has 0 spiro atoms. The van der Waals surface area contributed by atoms with Gasteiger partial charge in [0.2, 0.25) is 0 Å². The van der Waals surface area contributed by atoms with Gasteiger partial charge in [0.05, 0.1) is 110 Å². The number of anilines is 6. The molecule has 0 amide bonds. The average Bonchev–Trinajstić information content (AvgIpc) is 1.56. The van der Waals surface area contributed by atoms with Gasteiger partial charge in [0, 0.05) is 71.6 Å². The van der Waals surface area contributed by atoms with Crippen molar-refractivity contribution in [3.8, 4) is 0 Å². The van der Waals surface area contributed by atoms with Crippen LogP contribution >= 0.6 is 110 Å². The van der Waals surface area contributed by atoms with Crippen molar-refractivity contribution in [2.75, 3.05) is 34.4 Å². The molecular weight excluding hydrogens is 2230 g/mol. The van der Waals surface area contributed by atoms with Gasteiger partial charge in [-0.3, -0.25) is 0 Å². The first kappa shape index (κ1) is 103. The van der Waals surface area contributed by atoms with Crippen molar-refractivity contribution in [1.29, 1.82) is 0 Å². The molecule has 3 aliphatic heterocycles. The molecule has 4 aliphatic carbocycles. The summed E-state index contributed by atoms with van der Waals surface area (Å²) < 4.78 is 51.8. The monoisotopic (exact) mass is 2340 g/mol. The summed E-state index contributed by atoms with van der Waals surface area (Å²) in [6.45, 7) is 24.9. The van der Waals surface area contributed by atoms with E-state index in [0.717, 1.165) is 189 Å². The molecule has 7 aliphatic rings. The second-order valence-corrected chi connectivity index (χ2v) is 45.4. The van der Waals surface area contributed by atoms with E-state index in [4.69, 9.17) is 86.0 Å². The molecule has 7 fully saturated rings. The number of fused-ring (bicyclic) bond motifs is 11. The van der Waals surface area contributed by atoms with Crippen LogP contribution in [-0.2, 0) is 47.7 Å². The summed E-state index contributed by atoms with van der Waals surface area (Å²) in [4.78, 5) is 52.2. The maximum Gasteiger partial charge on any atom is 0.163 e. The first-order valence-electron chi connectivity index (χ1n) is 48.0. The highest BCUT2D eigenvalue weighted by atomic mass is 127. The number of nitrogens with zero attached hydrogens (tertiary/aromatic N) is 16. The van der Waals surface area contributed by atoms with E-state index in [-0.39, 0.29) is 84.5 Å². The number of halogens is 7. The average molecular weight is 2350 g/mol. The van der Waals surface area contributed by atoms with Gasteiger partial charge in [-0.2, -0.15) is 0 Å². The van der Waals surface area contributed by atoms with Crippen LogP contribution in [0.4, 0.5) is 34.9 Å². The van der Waals surface area contributed by atoms with Crippen LogP contribution in [0.15, 0.2) is 202 Å². The zero-order valence-corrected chi connectivity index (χ0v) is 90.4. The lowest BCUT2D eigenvalue weighted by atomic mass is 9.76. The normalized spacial score (nSPS) is 26.3. The van der Waals surface area contributed by atoms with Gasteiger partial charge in [-0.15, -0.1) is 6.58 Å². The fraction of sp³-hybridized carbons (Fsp3) is 0.415. The van der Waals surface area contributed by atoms with Crippen LogP contribution in [0.3, 0.4) is 0 Å². The Labute approximate surface area is 886 Å².